The van der Waals surface area contributed by atoms with Crippen molar-refractivity contribution in [3.63, 3.8) is 0 Å². The van der Waals surface area contributed by atoms with Gasteiger partial charge in [0.25, 0.3) is 5.69 Å². The van der Waals surface area contributed by atoms with E-state index in [1.54, 1.807) is 18.2 Å². The summed E-state index contributed by atoms with van der Waals surface area (Å²) in [6.07, 6.45) is 3.63. The number of rotatable bonds is 4. The summed E-state index contributed by atoms with van der Waals surface area (Å²) in [7, 11) is 0. The zero-order chi connectivity index (χ0) is 18.7. The highest BCUT2D eigenvalue weighted by Crippen LogP contribution is 2.24. The van der Waals surface area contributed by atoms with Crippen molar-refractivity contribution in [2.45, 2.75) is 6.92 Å². The molecule has 128 valence electrons. The predicted molar refractivity (Wildman–Crippen MR) is 102 cm³/mol. The molecule has 0 amide bonds. The summed E-state index contributed by atoms with van der Waals surface area (Å²) in [5.41, 5.74) is 3.70. The van der Waals surface area contributed by atoms with Crippen LogP contribution in [0.3, 0.4) is 0 Å². The Morgan fingerprint density at radius 3 is 2.58 bits per heavy atom. The molecule has 26 heavy (non-hydrogen) atoms. The highest BCUT2D eigenvalue weighted by atomic mass is 35.5. The molecule has 0 saturated carbocycles. The second-order valence-corrected chi connectivity index (χ2v) is 6.12. The fourth-order valence-corrected chi connectivity index (χ4v) is 2.74. The van der Waals surface area contributed by atoms with E-state index in [2.05, 4.69) is 6.07 Å². The Labute approximate surface area is 155 Å². The number of nitrogens with zero attached hydrogens (tertiary/aromatic N) is 3. The Morgan fingerprint density at radius 1 is 1.23 bits per heavy atom. The van der Waals surface area contributed by atoms with Gasteiger partial charge >= 0.3 is 0 Å². The summed E-state index contributed by atoms with van der Waals surface area (Å²) in [6, 6.07) is 17.6. The van der Waals surface area contributed by atoms with Gasteiger partial charge in [0.2, 0.25) is 0 Å². The van der Waals surface area contributed by atoms with Crippen LogP contribution in [-0.4, -0.2) is 9.49 Å². The van der Waals surface area contributed by atoms with Gasteiger partial charge in [-0.25, -0.2) is 0 Å². The summed E-state index contributed by atoms with van der Waals surface area (Å²) in [6.45, 7) is 1.94. The van der Waals surface area contributed by atoms with Crippen molar-refractivity contribution >= 4 is 28.9 Å². The molecule has 0 bridgehead atoms. The Kier molecular flexibility index (Phi) is 4.87. The van der Waals surface area contributed by atoms with Gasteiger partial charge in [0, 0.05) is 34.7 Å². The summed E-state index contributed by atoms with van der Waals surface area (Å²) in [5, 5.41) is 21.0. The number of hydrogen-bond acceptors (Lipinski definition) is 3. The van der Waals surface area contributed by atoms with E-state index in [1.165, 1.54) is 12.1 Å². The number of nitriles is 1. The van der Waals surface area contributed by atoms with Crippen LogP contribution in [0.1, 0.15) is 16.8 Å². The van der Waals surface area contributed by atoms with Crippen molar-refractivity contribution in [3.8, 4) is 11.8 Å². The number of hydrogen-bond donors (Lipinski definition) is 0. The Balaban J connectivity index is 2.01. The lowest BCUT2D eigenvalue weighted by atomic mass is 10.1. The van der Waals surface area contributed by atoms with Crippen LogP contribution in [0, 0.1) is 28.4 Å². The van der Waals surface area contributed by atoms with Crippen LogP contribution in [0.15, 0.2) is 60.8 Å². The molecule has 3 aromatic rings. The molecule has 2 aromatic carbocycles. The van der Waals surface area contributed by atoms with Crippen LogP contribution in [0.4, 0.5) is 5.69 Å². The molecule has 0 aliphatic carbocycles. The third-order valence-electron chi connectivity index (χ3n) is 4.02. The minimum atomic E-state index is -0.466. The van der Waals surface area contributed by atoms with Gasteiger partial charge in [0.15, 0.2) is 0 Å². The van der Waals surface area contributed by atoms with Gasteiger partial charge in [0.05, 0.1) is 16.6 Å². The van der Waals surface area contributed by atoms with Gasteiger partial charge in [-0.3, -0.25) is 10.1 Å². The molecule has 5 nitrogen and oxygen atoms in total. The van der Waals surface area contributed by atoms with E-state index in [0.717, 1.165) is 16.9 Å². The van der Waals surface area contributed by atoms with Crippen LogP contribution in [-0.2, 0) is 0 Å². The Bertz CT molecular complexity index is 1040. The molecule has 0 atom stereocenters. The number of non-ortho nitro benzene ring substituents is 1. The SMILES string of the molecule is Cc1ccc(-n2cccc2/C=C(/C#N)c2ccc([N+](=O)[O-])cc2)cc1Cl. The lowest BCUT2D eigenvalue weighted by Gasteiger charge is -2.09. The molecule has 0 radical (unpaired) electrons. The molecule has 0 spiro atoms. The second kappa shape index (κ2) is 7.26. The van der Waals surface area contributed by atoms with Crippen LogP contribution in [0.5, 0.6) is 0 Å². The van der Waals surface area contributed by atoms with Gasteiger partial charge in [0.1, 0.15) is 0 Å². The van der Waals surface area contributed by atoms with E-state index in [9.17, 15) is 15.4 Å². The molecule has 0 saturated heterocycles. The van der Waals surface area contributed by atoms with Crippen molar-refractivity contribution in [1.82, 2.24) is 4.57 Å². The van der Waals surface area contributed by atoms with Crippen molar-refractivity contribution in [2.75, 3.05) is 0 Å². The molecule has 0 aliphatic rings. The molecule has 0 unspecified atom stereocenters. The topological polar surface area (TPSA) is 71.9 Å². The number of nitro groups is 1. The standard InChI is InChI=1S/C20H14ClN3O2/c1-14-4-7-19(12-20(14)21)23-10-2-3-18(23)11-16(13-22)15-5-8-17(9-6-15)24(25)26/h2-12H,1H3/b16-11-. The van der Waals surface area contributed by atoms with E-state index in [1.807, 2.05) is 48.0 Å². The third-order valence-corrected chi connectivity index (χ3v) is 4.42. The third kappa shape index (κ3) is 3.51. The lowest BCUT2D eigenvalue weighted by Crippen LogP contribution is -1.96. The summed E-state index contributed by atoms with van der Waals surface area (Å²) in [4.78, 5) is 10.3. The van der Waals surface area contributed by atoms with E-state index in [4.69, 9.17) is 11.6 Å². The lowest BCUT2D eigenvalue weighted by molar-refractivity contribution is -0.384. The van der Waals surface area contributed by atoms with Crippen LogP contribution in [0.25, 0.3) is 17.3 Å². The molecule has 1 heterocycles. The molecule has 6 heteroatoms. The van der Waals surface area contributed by atoms with Crippen molar-refractivity contribution in [3.05, 3.63) is 92.8 Å². The summed E-state index contributed by atoms with van der Waals surface area (Å²) >= 11 is 6.22. The molecular formula is C20H14ClN3O2. The first-order valence-electron chi connectivity index (χ1n) is 7.80. The first-order chi connectivity index (χ1) is 12.5. The molecule has 0 aliphatic heterocycles. The second-order valence-electron chi connectivity index (χ2n) is 5.71. The van der Waals surface area contributed by atoms with Crippen molar-refractivity contribution in [2.24, 2.45) is 0 Å². The normalized spacial score (nSPS) is 11.2. The number of nitro benzene ring substituents is 1. The smallest absolute Gasteiger partial charge is 0.269 e. The predicted octanol–water partition coefficient (Wildman–Crippen LogP) is 5.41. The fourth-order valence-electron chi connectivity index (χ4n) is 2.57. The van der Waals surface area contributed by atoms with Gasteiger partial charge in [-0.15, -0.1) is 0 Å². The maximum atomic E-state index is 10.8. The van der Waals surface area contributed by atoms with Gasteiger partial charge in [-0.05, 0) is 60.5 Å². The van der Waals surface area contributed by atoms with Crippen molar-refractivity contribution < 1.29 is 4.92 Å². The number of allylic oxidation sites excluding steroid dienone is 1. The maximum Gasteiger partial charge on any atom is 0.269 e. The van der Waals surface area contributed by atoms with Crippen LogP contribution >= 0.6 is 11.6 Å². The number of benzene rings is 2. The van der Waals surface area contributed by atoms with E-state index >= 15 is 0 Å². The van der Waals surface area contributed by atoms with Crippen LogP contribution < -0.4 is 0 Å². The van der Waals surface area contributed by atoms with Crippen molar-refractivity contribution in [1.29, 1.82) is 5.26 Å². The minimum Gasteiger partial charge on any atom is -0.317 e. The van der Waals surface area contributed by atoms with Gasteiger partial charge < -0.3 is 4.57 Å². The fraction of sp³-hybridized carbons (Fsp3) is 0.0500. The monoisotopic (exact) mass is 363 g/mol. The average Bonchev–Trinajstić information content (AvgIpc) is 3.10. The first-order valence-corrected chi connectivity index (χ1v) is 8.18. The Hall–Kier alpha value is -3.36. The molecule has 3 rings (SSSR count). The molecule has 1 aromatic heterocycles. The largest absolute Gasteiger partial charge is 0.317 e. The average molecular weight is 364 g/mol. The minimum absolute atomic E-state index is 0.0105. The molecule has 0 N–H and O–H groups in total. The van der Waals surface area contributed by atoms with Gasteiger partial charge in [-0.1, -0.05) is 17.7 Å². The van der Waals surface area contributed by atoms with E-state index < -0.39 is 4.92 Å². The Morgan fingerprint density at radius 2 is 1.96 bits per heavy atom. The summed E-state index contributed by atoms with van der Waals surface area (Å²) in [5.74, 6) is 0. The highest BCUT2D eigenvalue weighted by Gasteiger charge is 2.09. The van der Waals surface area contributed by atoms with E-state index in [0.29, 0.717) is 16.2 Å². The zero-order valence-corrected chi connectivity index (χ0v) is 14.6. The molecular weight excluding hydrogens is 350 g/mol. The maximum absolute atomic E-state index is 10.8. The zero-order valence-electron chi connectivity index (χ0n) is 13.9. The first kappa shape index (κ1) is 17.5. The quantitative estimate of drug-likeness (QED) is 0.353. The van der Waals surface area contributed by atoms with Gasteiger partial charge in [-0.2, -0.15) is 5.26 Å². The summed E-state index contributed by atoms with van der Waals surface area (Å²) < 4.78 is 1.92. The van der Waals surface area contributed by atoms with Crippen LogP contribution in [0.2, 0.25) is 5.02 Å². The number of aryl methyl sites for hydroxylation is 1. The van der Waals surface area contributed by atoms with E-state index in [-0.39, 0.29) is 5.69 Å². The number of halogens is 1. The molecule has 0 fully saturated rings. The number of aromatic nitrogens is 1. The highest BCUT2D eigenvalue weighted by molar-refractivity contribution is 6.31.